The minimum atomic E-state index is -0.0477. The zero-order valence-electron chi connectivity index (χ0n) is 16.0. The number of nitrogens with zero attached hydrogens (tertiary/aromatic N) is 3. The van der Waals surface area contributed by atoms with Crippen LogP contribution in [0, 0.1) is 13.8 Å². The lowest BCUT2D eigenvalue weighted by molar-refractivity contribution is 0.0734. The van der Waals surface area contributed by atoms with Crippen molar-refractivity contribution in [2.45, 2.75) is 27.3 Å². The molecule has 3 rings (SSSR count). The Morgan fingerprint density at radius 2 is 1.78 bits per heavy atom. The highest BCUT2D eigenvalue weighted by molar-refractivity contribution is 5.94. The van der Waals surface area contributed by atoms with E-state index in [9.17, 15) is 4.79 Å². The minimum absolute atomic E-state index is 0.0477. The maximum absolute atomic E-state index is 12.9. The first kappa shape index (κ1) is 18.6. The van der Waals surface area contributed by atoms with Gasteiger partial charge in [0.1, 0.15) is 12.3 Å². The number of methoxy groups -OCH3 is 1. The number of rotatable bonds is 6. The molecule has 6 heteroatoms. The van der Waals surface area contributed by atoms with Crippen LogP contribution >= 0.6 is 0 Å². The molecular weight excluding hydrogens is 342 g/mol. The second-order valence-electron chi connectivity index (χ2n) is 6.44. The number of hydrogen-bond acceptors (Lipinski definition) is 5. The minimum Gasteiger partial charge on any atom is -0.497 e. The normalized spacial score (nSPS) is 10.7. The van der Waals surface area contributed by atoms with Crippen molar-refractivity contribution in [3.05, 3.63) is 65.0 Å². The van der Waals surface area contributed by atoms with Gasteiger partial charge in [0.2, 0.25) is 11.7 Å². The SMILES string of the molecule is CCN(Cc1nc(-c2ccc(OC)cc2)no1)C(=O)c1cc(C)cc(C)c1. The summed E-state index contributed by atoms with van der Waals surface area (Å²) in [5.41, 5.74) is 3.63. The zero-order chi connectivity index (χ0) is 19.4. The van der Waals surface area contributed by atoms with E-state index in [2.05, 4.69) is 10.1 Å². The fourth-order valence-corrected chi connectivity index (χ4v) is 2.95. The topological polar surface area (TPSA) is 68.5 Å². The molecule has 1 aromatic heterocycles. The van der Waals surface area contributed by atoms with Crippen LogP contribution in [-0.4, -0.2) is 34.6 Å². The van der Waals surface area contributed by atoms with Crippen molar-refractivity contribution in [3.63, 3.8) is 0 Å². The molecule has 0 saturated carbocycles. The highest BCUT2D eigenvalue weighted by Gasteiger charge is 2.19. The van der Waals surface area contributed by atoms with Gasteiger partial charge in [0.15, 0.2) is 0 Å². The highest BCUT2D eigenvalue weighted by atomic mass is 16.5. The first-order chi connectivity index (χ1) is 13.0. The van der Waals surface area contributed by atoms with Gasteiger partial charge in [-0.25, -0.2) is 0 Å². The molecular formula is C21H23N3O3. The molecule has 0 saturated heterocycles. The van der Waals surface area contributed by atoms with Crippen molar-refractivity contribution < 1.29 is 14.1 Å². The van der Waals surface area contributed by atoms with Crippen LogP contribution in [0.1, 0.15) is 34.3 Å². The van der Waals surface area contributed by atoms with Gasteiger partial charge in [-0.1, -0.05) is 22.3 Å². The van der Waals surface area contributed by atoms with E-state index < -0.39 is 0 Å². The Morgan fingerprint density at radius 1 is 1.11 bits per heavy atom. The molecule has 0 radical (unpaired) electrons. The monoisotopic (exact) mass is 365 g/mol. The third kappa shape index (κ3) is 4.34. The fraction of sp³-hybridized carbons (Fsp3) is 0.286. The van der Waals surface area contributed by atoms with E-state index in [0.29, 0.717) is 23.8 Å². The molecule has 140 valence electrons. The third-order valence-corrected chi connectivity index (χ3v) is 4.28. The quantitative estimate of drug-likeness (QED) is 0.660. The second-order valence-corrected chi connectivity index (χ2v) is 6.44. The summed E-state index contributed by atoms with van der Waals surface area (Å²) in [5, 5.41) is 4.02. The Labute approximate surface area is 158 Å². The van der Waals surface area contributed by atoms with E-state index in [4.69, 9.17) is 9.26 Å². The van der Waals surface area contributed by atoms with Gasteiger partial charge in [-0.3, -0.25) is 4.79 Å². The summed E-state index contributed by atoms with van der Waals surface area (Å²) in [6.07, 6.45) is 0. The van der Waals surface area contributed by atoms with Crippen LogP contribution in [0.2, 0.25) is 0 Å². The smallest absolute Gasteiger partial charge is 0.254 e. The number of aryl methyl sites for hydroxylation is 2. The van der Waals surface area contributed by atoms with Crippen molar-refractivity contribution in [2.75, 3.05) is 13.7 Å². The molecule has 0 bridgehead atoms. The van der Waals surface area contributed by atoms with Gasteiger partial charge >= 0.3 is 0 Å². The maximum atomic E-state index is 12.9. The van der Waals surface area contributed by atoms with Crippen LogP contribution in [0.5, 0.6) is 5.75 Å². The Hall–Kier alpha value is -3.15. The first-order valence-corrected chi connectivity index (χ1v) is 8.84. The Kier molecular flexibility index (Phi) is 5.54. The number of carbonyl (C=O) groups is 1. The molecule has 0 atom stereocenters. The molecule has 1 amide bonds. The number of ether oxygens (including phenoxy) is 1. The highest BCUT2D eigenvalue weighted by Crippen LogP contribution is 2.20. The standard InChI is InChI=1S/C21H23N3O3/c1-5-24(21(25)17-11-14(2)10-15(3)12-17)13-19-22-20(23-27-19)16-6-8-18(26-4)9-7-16/h6-12H,5,13H2,1-4H3. The number of benzene rings is 2. The summed E-state index contributed by atoms with van der Waals surface area (Å²) in [6, 6.07) is 13.3. The van der Waals surface area contributed by atoms with Crippen molar-refractivity contribution >= 4 is 5.91 Å². The van der Waals surface area contributed by atoms with Crippen LogP contribution in [0.3, 0.4) is 0 Å². The first-order valence-electron chi connectivity index (χ1n) is 8.84. The van der Waals surface area contributed by atoms with Crippen LogP contribution in [-0.2, 0) is 6.54 Å². The van der Waals surface area contributed by atoms with Crippen LogP contribution in [0.15, 0.2) is 47.0 Å². The molecule has 1 heterocycles. The van der Waals surface area contributed by atoms with Gasteiger partial charge in [0.25, 0.3) is 5.91 Å². The molecule has 0 aliphatic rings. The van der Waals surface area contributed by atoms with Gasteiger partial charge < -0.3 is 14.2 Å². The summed E-state index contributed by atoms with van der Waals surface area (Å²) in [6.45, 7) is 6.72. The molecule has 0 fully saturated rings. The third-order valence-electron chi connectivity index (χ3n) is 4.28. The van der Waals surface area contributed by atoms with E-state index >= 15 is 0 Å². The van der Waals surface area contributed by atoms with E-state index in [1.807, 2.05) is 63.2 Å². The van der Waals surface area contributed by atoms with Gasteiger partial charge in [-0.2, -0.15) is 4.98 Å². The lowest BCUT2D eigenvalue weighted by Gasteiger charge is -2.19. The van der Waals surface area contributed by atoms with Gasteiger partial charge in [0, 0.05) is 17.7 Å². The van der Waals surface area contributed by atoms with Crippen LogP contribution in [0.25, 0.3) is 11.4 Å². The molecule has 0 aliphatic carbocycles. The maximum Gasteiger partial charge on any atom is 0.254 e. The molecule has 27 heavy (non-hydrogen) atoms. The number of aromatic nitrogens is 2. The summed E-state index contributed by atoms with van der Waals surface area (Å²) in [4.78, 5) is 19.0. The second kappa shape index (κ2) is 8.03. The molecule has 0 N–H and O–H groups in total. The number of hydrogen-bond donors (Lipinski definition) is 0. The number of carbonyl (C=O) groups excluding carboxylic acids is 1. The molecule has 0 unspecified atom stereocenters. The van der Waals surface area contributed by atoms with Gasteiger partial charge in [-0.05, 0) is 57.2 Å². The van der Waals surface area contributed by atoms with E-state index in [1.54, 1.807) is 12.0 Å². The Balaban J connectivity index is 1.76. The summed E-state index contributed by atoms with van der Waals surface area (Å²) in [5.74, 6) is 1.61. The van der Waals surface area contributed by atoms with Gasteiger partial charge in [-0.15, -0.1) is 0 Å². The summed E-state index contributed by atoms with van der Waals surface area (Å²) in [7, 11) is 1.62. The Bertz CT molecular complexity index is 912. The van der Waals surface area contributed by atoms with Gasteiger partial charge in [0.05, 0.1) is 7.11 Å². The van der Waals surface area contributed by atoms with Crippen LogP contribution < -0.4 is 4.74 Å². The van der Waals surface area contributed by atoms with E-state index in [-0.39, 0.29) is 12.5 Å². The largest absolute Gasteiger partial charge is 0.497 e. The van der Waals surface area contributed by atoms with Crippen molar-refractivity contribution in [2.24, 2.45) is 0 Å². The summed E-state index contributed by atoms with van der Waals surface area (Å²) < 4.78 is 10.5. The Morgan fingerprint density at radius 3 is 2.37 bits per heavy atom. The molecule has 0 aliphatic heterocycles. The molecule has 2 aromatic carbocycles. The lowest BCUT2D eigenvalue weighted by atomic mass is 10.1. The molecule has 0 spiro atoms. The number of amides is 1. The predicted molar refractivity (Wildman–Crippen MR) is 103 cm³/mol. The van der Waals surface area contributed by atoms with E-state index in [1.165, 1.54) is 0 Å². The molecule has 6 nitrogen and oxygen atoms in total. The van der Waals surface area contributed by atoms with Crippen molar-refractivity contribution in [1.82, 2.24) is 15.0 Å². The zero-order valence-corrected chi connectivity index (χ0v) is 16.0. The predicted octanol–water partition coefficient (Wildman–Crippen LogP) is 4.02. The average molecular weight is 365 g/mol. The van der Waals surface area contributed by atoms with Crippen molar-refractivity contribution in [1.29, 1.82) is 0 Å². The lowest BCUT2D eigenvalue weighted by Crippen LogP contribution is -2.30. The summed E-state index contributed by atoms with van der Waals surface area (Å²) >= 11 is 0. The van der Waals surface area contributed by atoms with Crippen molar-refractivity contribution in [3.8, 4) is 17.1 Å². The fourth-order valence-electron chi connectivity index (χ4n) is 2.95. The van der Waals surface area contributed by atoms with Crippen LogP contribution in [0.4, 0.5) is 0 Å². The average Bonchev–Trinajstić information content (AvgIpc) is 3.13. The van der Waals surface area contributed by atoms with E-state index in [0.717, 1.165) is 22.4 Å². The molecule has 3 aromatic rings.